The predicted molar refractivity (Wildman–Crippen MR) is 159 cm³/mol. The fourth-order valence-electron chi connectivity index (χ4n) is 5.16. The number of carbonyl (C=O) groups excluding carboxylic acids is 1. The van der Waals surface area contributed by atoms with Crippen LogP contribution in [0.3, 0.4) is 0 Å². The number of ether oxygens (including phenoxy) is 2. The van der Waals surface area contributed by atoms with E-state index in [9.17, 15) is 44.3 Å². The van der Waals surface area contributed by atoms with Crippen molar-refractivity contribution in [2.75, 3.05) is 30.5 Å². The van der Waals surface area contributed by atoms with Gasteiger partial charge in [-0.3, -0.25) is 9.69 Å². The third-order valence-electron chi connectivity index (χ3n) is 7.34. The zero-order chi connectivity index (χ0) is 36.3. The SMILES string of the molecule is CCOC(=O)N1c2ccc(OC)nc2[C@@H](Nc2ncc(S(=O)(=O)NCC(=O)O)c(Cc3cc(C(F)(F)F)cc(C(F)(F)F)c3)n2)C[C@H]1CC. The molecule has 266 valence electrons. The van der Waals surface area contributed by atoms with Gasteiger partial charge in [-0.1, -0.05) is 6.92 Å². The second-order valence-electron chi connectivity index (χ2n) is 10.6. The van der Waals surface area contributed by atoms with Crippen LogP contribution in [-0.4, -0.2) is 66.8 Å². The number of pyridine rings is 1. The number of aromatic nitrogens is 3. The summed E-state index contributed by atoms with van der Waals surface area (Å²) >= 11 is 0. The Labute approximate surface area is 275 Å². The number of nitrogens with one attached hydrogen (secondary N) is 2. The van der Waals surface area contributed by atoms with E-state index < -0.39 is 86.8 Å². The quantitative estimate of drug-likeness (QED) is 0.223. The highest BCUT2D eigenvalue weighted by atomic mass is 32.2. The van der Waals surface area contributed by atoms with Gasteiger partial charge in [0.1, 0.15) is 11.4 Å². The number of halogens is 6. The van der Waals surface area contributed by atoms with Crippen LogP contribution in [0.4, 0.5) is 42.8 Å². The summed E-state index contributed by atoms with van der Waals surface area (Å²) in [5, 5.41) is 12.0. The molecule has 0 saturated heterocycles. The number of hydrogen-bond acceptors (Lipinski definition) is 10. The molecule has 3 N–H and O–H groups in total. The molecule has 49 heavy (non-hydrogen) atoms. The highest BCUT2D eigenvalue weighted by Crippen LogP contribution is 2.41. The first-order valence-corrected chi connectivity index (χ1v) is 16.0. The van der Waals surface area contributed by atoms with Crippen LogP contribution in [0.1, 0.15) is 60.8 Å². The maximum atomic E-state index is 13.6. The standard InChI is InChI=1S/C29H30F6N6O7S/c1-4-18-12-20(25-21(6-7-23(40-25)47-3)41(18)27(44)48-5-2)39-26-36-13-22(49(45,46)37-14-24(42)43)19(38-26)10-15-8-16(28(30,31)32)11-17(9-15)29(33,34)35/h6-9,11,13,18,20,37H,4-5,10,12,14H2,1-3H3,(H,42,43)(H,36,38,39)/t18-,20+/m1/s1. The summed E-state index contributed by atoms with van der Waals surface area (Å²) in [5.74, 6) is -1.70. The first-order valence-electron chi connectivity index (χ1n) is 14.5. The summed E-state index contributed by atoms with van der Waals surface area (Å²) in [7, 11) is -3.38. The van der Waals surface area contributed by atoms with E-state index >= 15 is 0 Å². The molecule has 20 heteroatoms. The molecule has 0 unspecified atom stereocenters. The number of sulfonamides is 1. The number of alkyl halides is 6. The van der Waals surface area contributed by atoms with Gasteiger partial charge < -0.3 is 19.9 Å². The topological polar surface area (TPSA) is 173 Å². The Balaban J connectivity index is 1.83. The fourth-order valence-corrected chi connectivity index (χ4v) is 6.25. The smallest absolute Gasteiger partial charge is 0.416 e. The van der Waals surface area contributed by atoms with Crippen molar-refractivity contribution in [3.8, 4) is 5.88 Å². The molecule has 4 rings (SSSR count). The monoisotopic (exact) mass is 720 g/mol. The molecule has 0 aliphatic carbocycles. The van der Waals surface area contributed by atoms with E-state index in [-0.39, 0.29) is 36.6 Å². The average molecular weight is 721 g/mol. The lowest BCUT2D eigenvalue weighted by Gasteiger charge is -2.39. The highest BCUT2D eigenvalue weighted by Gasteiger charge is 2.39. The van der Waals surface area contributed by atoms with Gasteiger partial charge in [-0.25, -0.2) is 28.2 Å². The first-order chi connectivity index (χ1) is 22.9. The van der Waals surface area contributed by atoms with Crippen LogP contribution in [0.15, 0.2) is 41.4 Å². The second kappa shape index (κ2) is 14.4. The minimum absolute atomic E-state index is 0.0753. The molecule has 0 fully saturated rings. The van der Waals surface area contributed by atoms with Crippen LogP contribution >= 0.6 is 0 Å². The number of hydrogen-bond donors (Lipinski definition) is 3. The Hall–Kier alpha value is -4.72. The molecular formula is C29H30F6N6O7S. The Morgan fingerprint density at radius 1 is 1.04 bits per heavy atom. The van der Waals surface area contributed by atoms with Crippen molar-refractivity contribution < 1.29 is 58.9 Å². The summed E-state index contributed by atoms with van der Waals surface area (Å²) in [5.41, 5.74) is -3.78. The van der Waals surface area contributed by atoms with Crippen LogP contribution in [0.25, 0.3) is 0 Å². The molecule has 2 aromatic heterocycles. The number of carboxylic acid groups (broad SMARTS) is 1. The molecule has 1 aromatic carbocycles. The van der Waals surface area contributed by atoms with Crippen molar-refractivity contribution >= 4 is 33.7 Å². The minimum Gasteiger partial charge on any atom is -0.481 e. The molecule has 1 amide bonds. The number of rotatable bonds is 11. The zero-order valence-corrected chi connectivity index (χ0v) is 26.8. The van der Waals surface area contributed by atoms with E-state index in [2.05, 4.69) is 20.3 Å². The molecule has 0 spiro atoms. The molecule has 2 atom stereocenters. The average Bonchev–Trinajstić information content (AvgIpc) is 3.02. The van der Waals surface area contributed by atoms with E-state index in [0.29, 0.717) is 24.2 Å². The third-order valence-corrected chi connectivity index (χ3v) is 8.78. The van der Waals surface area contributed by atoms with Crippen LogP contribution in [0.2, 0.25) is 0 Å². The van der Waals surface area contributed by atoms with E-state index in [1.54, 1.807) is 17.7 Å². The third kappa shape index (κ3) is 8.66. The van der Waals surface area contributed by atoms with Gasteiger partial charge in [-0.15, -0.1) is 0 Å². The van der Waals surface area contributed by atoms with Gasteiger partial charge in [0.2, 0.25) is 21.9 Å². The van der Waals surface area contributed by atoms with Gasteiger partial charge >= 0.3 is 24.4 Å². The molecular weight excluding hydrogens is 690 g/mol. The Morgan fingerprint density at radius 3 is 2.24 bits per heavy atom. The lowest BCUT2D eigenvalue weighted by Crippen LogP contribution is -2.46. The predicted octanol–water partition coefficient (Wildman–Crippen LogP) is 5.17. The van der Waals surface area contributed by atoms with Crippen LogP contribution in [0.5, 0.6) is 5.88 Å². The van der Waals surface area contributed by atoms with Crippen molar-refractivity contribution in [1.29, 1.82) is 0 Å². The highest BCUT2D eigenvalue weighted by molar-refractivity contribution is 7.89. The lowest BCUT2D eigenvalue weighted by molar-refractivity contribution is -0.143. The lowest BCUT2D eigenvalue weighted by atomic mass is 9.93. The Bertz CT molecular complexity index is 1790. The van der Waals surface area contributed by atoms with Gasteiger partial charge in [-0.05, 0) is 49.6 Å². The second-order valence-corrected chi connectivity index (χ2v) is 12.4. The van der Waals surface area contributed by atoms with E-state index in [4.69, 9.17) is 14.6 Å². The summed E-state index contributed by atoms with van der Waals surface area (Å²) in [4.78, 5) is 37.3. The van der Waals surface area contributed by atoms with Gasteiger partial charge in [0.15, 0.2) is 0 Å². The number of carbonyl (C=O) groups is 2. The summed E-state index contributed by atoms with van der Waals surface area (Å²) < 4.78 is 120. The molecule has 3 aromatic rings. The maximum Gasteiger partial charge on any atom is 0.416 e. The van der Waals surface area contributed by atoms with Crippen LogP contribution in [0, 0.1) is 0 Å². The van der Waals surface area contributed by atoms with Crippen molar-refractivity contribution in [2.45, 2.75) is 62.4 Å². The van der Waals surface area contributed by atoms with Gasteiger partial charge in [0.25, 0.3) is 0 Å². The number of fused-ring (bicyclic) bond motifs is 1. The molecule has 3 heterocycles. The number of nitrogens with zero attached hydrogens (tertiary/aromatic N) is 4. The maximum absolute atomic E-state index is 13.6. The molecule has 13 nitrogen and oxygen atoms in total. The number of benzene rings is 1. The van der Waals surface area contributed by atoms with Gasteiger partial charge in [0, 0.05) is 18.5 Å². The summed E-state index contributed by atoms with van der Waals surface area (Å²) in [6.45, 7) is 2.46. The summed E-state index contributed by atoms with van der Waals surface area (Å²) in [6, 6.07) is 2.65. The minimum atomic E-state index is -5.18. The molecule has 1 aliphatic rings. The number of methoxy groups -OCH3 is 1. The van der Waals surface area contributed by atoms with E-state index in [0.717, 1.165) is 6.20 Å². The molecule has 0 bridgehead atoms. The van der Waals surface area contributed by atoms with E-state index in [1.165, 1.54) is 18.1 Å². The van der Waals surface area contributed by atoms with Gasteiger partial charge in [0.05, 0.1) is 54.2 Å². The van der Waals surface area contributed by atoms with Crippen molar-refractivity contribution in [2.24, 2.45) is 0 Å². The van der Waals surface area contributed by atoms with Crippen LogP contribution < -0.4 is 19.7 Å². The van der Waals surface area contributed by atoms with Crippen molar-refractivity contribution in [3.63, 3.8) is 0 Å². The molecule has 0 saturated carbocycles. The van der Waals surface area contributed by atoms with Crippen LogP contribution in [-0.2, 0) is 38.3 Å². The van der Waals surface area contributed by atoms with Crippen molar-refractivity contribution in [3.05, 3.63) is 64.6 Å². The normalized spacial score (nSPS) is 16.6. The molecule has 1 aliphatic heterocycles. The molecule has 0 radical (unpaired) electrons. The fraction of sp³-hybridized carbons (Fsp3) is 0.414. The Kier molecular flexibility index (Phi) is 10.9. The number of amides is 1. The number of anilines is 2. The number of aliphatic carboxylic acids is 1. The van der Waals surface area contributed by atoms with Gasteiger partial charge in [-0.2, -0.15) is 31.1 Å². The van der Waals surface area contributed by atoms with Crippen molar-refractivity contribution in [1.82, 2.24) is 19.7 Å². The largest absolute Gasteiger partial charge is 0.481 e. The zero-order valence-electron chi connectivity index (χ0n) is 26.0. The Morgan fingerprint density at radius 2 is 1.69 bits per heavy atom. The van der Waals surface area contributed by atoms with E-state index in [1.807, 2.05) is 6.92 Å². The number of carboxylic acids is 1. The first kappa shape index (κ1) is 37.1. The summed E-state index contributed by atoms with van der Waals surface area (Å²) in [6.07, 6.45) is -10.5.